The fourth-order valence-electron chi connectivity index (χ4n) is 2.43. The number of hydrogen-bond acceptors (Lipinski definition) is 4. The normalized spacial score (nSPS) is 24.1. The number of nitrogens with one attached hydrogen (secondary N) is 1. The molecule has 9 heteroatoms. The van der Waals surface area contributed by atoms with Gasteiger partial charge in [0.05, 0.1) is 5.92 Å². The van der Waals surface area contributed by atoms with E-state index in [-0.39, 0.29) is 12.8 Å². The summed E-state index contributed by atoms with van der Waals surface area (Å²) in [5.41, 5.74) is 3.98. The van der Waals surface area contributed by atoms with Crippen LogP contribution in [-0.4, -0.2) is 54.9 Å². The second-order valence-electron chi connectivity index (χ2n) is 5.01. The van der Waals surface area contributed by atoms with Crippen molar-refractivity contribution in [3.8, 4) is 0 Å². The van der Waals surface area contributed by atoms with Gasteiger partial charge in [0.15, 0.2) is 0 Å². The van der Waals surface area contributed by atoms with Crippen LogP contribution in [0.25, 0.3) is 0 Å². The van der Waals surface area contributed by atoms with E-state index in [1.807, 2.05) is 0 Å². The molecule has 0 saturated carbocycles. The van der Waals surface area contributed by atoms with Gasteiger partial charge in [-0.1, -0.05) is 0 Å². The fraction of sp³-hybridized carbons (Fsp3) is 0.818. The Balaban J connectivity index is 2.13. The number of nitrogens with zero attached hydrogens (tertiary/aromatic N) is 1. The van der Waals surface area contributed by atoms with Gasteiger partial charge in [-0.3, -0.25) is 9.69 Å². The highest BCUT2D eigenvalue weighted by molar-refractivity contribution is 6.07. The van der Waals surface area contributed by atoms with Crippen LogP contribution >= 0.6 is 0 Å². The summed E-state index contributed by atoms with van der Waals surface area (Å²) in [6.07, 6.45) is -4.00. The Hall–Kier alpha value is -1.35. The molecule has 0 aromatic rings. The van der Waals surface area contributed by atoms with E-state index in [1.54, 1.807) is 0 Å². The number of halogens is 3. The molecule has 1 spiro atoms. The molecule has 3 N–H and O–H groups in total. The summed E-state index contributed by atoms with van der Waals surface area (Å²) in [7, 11) is 0. The predicted octanol–water partition coefficient (Wildman–Crippen LogP) is 0.225. The highest BCUT2D eigenvalue weighted by atomic mass is 19.4. The van der Waals surface area contributed by atoms with E-state index in [0.717, 1.165) is 0 Å². The van der Waals surface area contributed by atoms with Gasteiger partial charge in [0.25, 0.3) is 5.91 Å². The molecule has 2 saturated heterocycles. The SMILES string of the molecule is NCC(CN1C(=O)NC2(CCOCC2)C1=O)C(F)(F)F. The molecule has 0 aromatic carbocycles. The first kappa shape index (κ1) is 15.0. The van der Waals surface area contributed by atoms with Gasteiger partial charge in [-0.2, -0.15) is 13.2 Å². The van der Waals surface area contributed by atoms with E-state index in [1.165, 1.54) is 0 Å². The second-order valence-corrected chi connectivity index (χ2v) is 5.01. The number of carbonyl (C=O) groups excluding carboxylic acids is 2. The van der Waals surface area contributed by atoms with Crippen molar-refractivity contribution >= 4 is 11.9 Å². The Morgan fingerprint density at radius 3 is 2.45 bits per heavy atom. The highest BCUT2D eigenvalue weighted by Gasteiger charge is 2.53. The smallest absolute Gasteiger partial charge is 0.381 e. The number of carbonyl (C=O) groups is 2. The summed E-state index contributed by atoms with van der Waals surface area (Å²) in [6.45, 7) is -0.831. The van der Waals surface area contributed by atoms with Gasteiger partial charge in [-0.05, 0) is 0 Å². The van der Waals surface area contributed by atoms with Crippen LogP contribution in [0.4, 0.5) is 18.0 Å². The third kappa shape index (κ3) is 2.59. The molecule has 0 aromatic heterocycles. The molecule has 2 rings (SSSR count). The number of nitrogens with two attached hydrogens (primary N) is 1. The quantitative estimate of drug-likeness (QED) is 0.730. The molecule has 0 radical (unpaired) electrons. The standard InChI is InChI=1S/C11H16F3N3O3/c12-11(13,14)7(5-15)6-17-8(18)10(16-9(17)19)1-3-20-4-2-10/h7H,1-6,15H2,(H,16,19). The van der Waals surface area contributed by atoms with Gasteiger partial charge in [-0.25, -0.2) is 4.79 Å². The third-order valence-corrected chi connectivity index (χ3v) is 3.74. The number of ether oxygens (including phenoxy) is 1. The van der Waals surface area contributed by atoms with E-state index in [2.05, 4.69) is 5.32 Å². The van der Waals surface area contributed by atoms with Gasteiger partial charge in [0.1, 0.15) is 5.54 Å². The molecule has 2 heterocycles. The average molecular weight is 295 g/mol. The lowest BCUT2D eigenvalue weighted by atomic mass is 9.90. The first-order valence-electron chi connectivity index (χ1n) is 6.29. The van der Waals surface area contributed by atoms with Crippen LogP contribution in [0.15, 0.2) is 0 Å². The van der Waals surface area contributed by atoms with Gasteiger partial charge in [0.2, 0.25) is 0 Å². The van der Waals surface area contributed by atoms with Crippen molar-refractivity contribution in [1.29, 1.82) is 0 Å². The Kier molecular flexibility index (Phi) is 3.92. The summed E-state index contributed by atoms with van der Waals surface area (Å²) >= 11 is 0. The number of amides is 3. The summed E-state index contributed by atoms with van der Waals surface area (Å²) in [6, 6.07) is -0.792. The molecule has 0 aliphatic carbocycles. The molecule has 6 nitrogen and oxygen atoms in total. The topological polar surface area (TPSA) is 84.7 Å². The van der Waals surface area contributed by atoms with E-state index < -0.39 is 42.7 Å². The molecule has 1 atom stereocenters. The molecule has 3 amide bonds. The predicted molar refractivity (Wildman–Crippen MR) is 61.6 cm³/mol. The molecule has 20 heavy (non-hydrogen) atoms. The summed E-state index contributed by atoms with van der Waals surface area (Å²) in [4.78, 5) is 24.7. The molecule has 0 bridgehead atoms. The zero-order valence-electron chi connectivity index (χ0n) is 10.7. The lowest BCUT2D eigenvalue weighted by Crippen LogP contribution is -2.51. The first-order valence-corrected chi connectivity index (χ1v) is 6.29. The average Bonchev–Trinajstić information content (AvgIpc) is 2.58. The van der Waals surface area contributed by atoms with Crippen molar-refractivity contribution in [2.45, 2.75) is 24.6 Å². The molecule has 2 aliphatic heterocycles. The van der Waals surface area contributed by atoms with Crippen molar-refractivity contribution < 1.29 is 27.5 Å². The van der Waals surface area contributed by atoms with Crippen molar-refractivity contribution in [3.05, 3.63) is 0 Å². The van der Waals surface area contributed by atoms with Crippen molar-refractivity contribution in [2.24, 2.45) is 11.7 Å². The summed E-state index contributed by atoms with van der Waals surface area (Å²) < 4.78 is 43.2. The Morgan fingerprint density at radius 1 is 1.35 bits per heavy atom. The second kappa shape index (κ2) is 5.21. The largest absolute Gasteiger partial charge is 0.394 e. The Morgan fingerprint density at radius 2 is 1.95 bits per heavy atom. The molecule has 1 unspecified atom stereocenters. The Bertz CT molecular complexity index is 407. The zero-order valence-corrected chi connectivity index (χ0v) is 10.7. The van der Waals surface area contributed by atoms with E-state index in [0.29, 0.717) is 18.1 Å². The van der Waals surface area contributed by atoms with E-state index in [4.69, 9.17) is 10.5 Å². The maximum absolute atomic E-state index is 12.7. The van der Waals surface area contributed by atoms with Gasteiger partial charge >= 0.3 is 12.2 Å². The minimum absolute atomic E-state index is 0.271. The molecule has 114 valence electrons. The molecular weight excluding hydrogens is 279 g/mol. The Labute approximate surface area is 113 Å². The van der Waals surface area contributed by atoms with E-state index >= 15 is 0 Å². The van der Waals surface area contributed by atoms with Gasteiger partial charge in [0, 0.05) is 39.1 Å². The van der Waals surface area contributed by atoms with Crippen LogP contribution in [0.3, 0.4) is 0 Å². The lowest BCUT2D eigenvalue weighted by Gasteiger charge is -2.31. The number of urea groups is 1. The number of hydrogen-bond donors (Lipinski definition) is 2. The minimum atomic E-state index is -4.54. The van der Waals surface area contributed by atoms with Crippen LogP contribution in [0.1, 0.15) is 12.8 Å². The van der Waals surface area contributed by atoms with Crippen LogP contribution in [-0.2, 0) is 9.53 Å². The number of imide groups is 1. The van der Waals surface area contributed by atoms with E-state index in [9.17, 15) is 22.8 Å². The van der Waals surface area contributed by atoms with Gasteiger partial charge in [-0.15, -0.1) is 0 Å². The molecule has 2 fully saturated rings. The molecular formula is C11H16F3N3O3. The van der Waals surface area contributed by atoms with Gasteiger partial charge < -0.3 is 15.8 Å². The summed E-state index contributed by atoms with van der Waals surface area (Å²) in [5.74, 6) is -2.53. The fourth-order valence-corrected chi connectivity index (χ4v) is 2.43. The van der Waals surface area contributed by atoms with Crippen LogP contribution in [0, 0.1) is 5.92 Å². The highest BCUT2D eigenvalue weighted by Crippen LogP contribution is 2.32. The monoisotopic (exact) mass is 295 g/mol. The lowest BCUT2D eigenvalue weighted by molar-refractivity contribution is -0.175. The van der Waals surface area contributed by atoms with Crippen LogP contribution in [0.2, 0.25) is 0 Å². The van der Waals surface area contributed by atoms with Crippen molar-refractivity contribution in [3.63, 3.8) is 0 Å². The van der Waals surface area contributed by atoms with Crippen LogP contribution in [0.5, 0.6) is 0 Å². The van der Waals surface area contributed by atoms with Crippen molar-refractivity contribution in [2.75, 3.05) is 26.3 Å². The third-order valence-electron chi connectivity index (χ3n) is 3.74. The number of alkyl halides is 3. The maximum atomic E-state index is 12.7. The summed E-state index contributed by atoms with van der Waals surface area (Å²) in [5, 5.41) is 2.50. The molecule has 2 aliphatic rings. The zero-order chi connectivity index (χ0) is 15.0. The minimum Gasteiger partial charge on any atom is -0.381 e. The van der Waals surface area contributed by atoms with Crippen molar-refractivity contribution in [1.82, 2.24) is 10.2 Å². The first-order chi connectivity index (χ1) is 9.30. The number of rotatable bonds is 3. The maximum Gasteiger partial charge on any atom is 0.394 e. The van der Waals surface area contributed by atoms with Crippen LogP contribution < -0.4 is 11.1 Å².